The van der Waals surface area contributed by atoms with Crippen molar-refractivity contribution in [1.29, 1.82) is 0 Å². The van der Waals surface area contributed by atoms with E-state index < -0.39 is 17.3 Å². The Labute approximate surface area is 181 Å². The van der Waals surface area contributed by atoms with Gasteiger partial charge in [-0.25, -0.2) is 0 Å². The van der Waals surface area contributed by atoms with Crippen LogP contribution in [0.2, 0.25) is 0 Å². The van der Waals surface area contributed by atoms with Crippen LogP contribution in [-0.2, 0) is 17.5 Å². The minimum Gasteiger partial charge on any atom is -0.488 e. The molecule has 0 aliphatic carbocycles. The summed E-state index contributed by atoms with van der Waals surface area (Å²) in [6.45, 7) is 6.97. The summed E-state index contributed by atoms with van der Waals surface area (Å²) in [5.74, 6) is 0.244. The molecule has 0 spiro atoms. The van der Waals surface area contributed by atoms with Crippen molar-refractivity contribution in [2.45, 2.75) is 58.0 Å². The van der Waals surface area contributed by atoms with Gasteiger partial charge in [-0.15, -0.1) is 0 Å². The number of hydrogen-bond acceptors (Lipinski definition) is 4. The zero-order valence-corrected chi connectivity index (χ0v) is 18.5. The Hall–Kier alpha value is -2.49. The largest absolute Gasteiger partial charge is 0.488 e. The third kappa shape index (κ3) is 8.28. The molecule has 1 saturated heterocycles. The van der Waals surface area contributed by atoms with Crippen LogP contribution in [0.25, 0.3) is 0 Å². The van der Waals surface area contributed by atoms with Crippen molar-refractivity contribution in [3.63, 3.8) is 0 Å². The number of amides is 1. The number of piperidine rings is 1. The van der Waals surface area contributed by atoms with Gasteiger partial charge in [0.15, 0.2) is 5.96 Å². The Morgan fingerprint density at radius 1 is 1.26 bits per heavy atom. The number of aliphatic imine (C=N–C) groups is 1. The molecule has 0 radical (unpaired) electrons. The average Bonchev–Trinajstić information content (AvgIpc) is 2.64. The average molecular weight is 444 g/mol. The topological polar surface area (TPSA) is 92.0 Å². The number of nitrogens with two attached hydrogens (primary N) is 1. The SMILES string of the molecule is CN=C(NCc1ccc(OC(C)(C)C)cc1C(F)(F)F)NC1CCN(CC(N)=O)CC1. The van der Waals surface area contributed by atoms with Gasteiger partial charge in [0.1, 0.15) is 11.4 Å². The smallest absolute Gasteiger partial charge is 0.416 e. The van der Waals surface area contributed by atoms with Gasteiger partial charge in [0.2, 0.25) is 5.91 Å². The number of carbonyl (C=O) groups is 1. The Bertz CT molecular complexity index is 782. The number of benzene rings is 1. The Kier molecular flexibility index (Phi) is 8.16. The highest BCUT2D eigenvalue weighted by Crippen LogP contribution is 2.35. The molecule has 1 fully saturated rings. The highest BCUT2D eigenvalue weighted by Gasteiger charge is 2.34. The molecular weight excluding hydrogens is 411 g/mol. The van der Waals surface area contributed by atoms with Crippen molar-refractivity contribution in [3.05, 3.63) is 29.3 Å². The maximum absolute atomic E-state index is 13.6. The van der Waals surface area contributed by atoms with E-state index in [1.165, 1.54) is 6.07 Å². The molecule has 1 heterocycles. The van der Waals surface area contributed by atoms with Crippen LogP contribution in [0, 0.1) is 0 Å². The number of hydrogen-bond donors (Lipinski definition) is 3. The molecule has 174 valence electrons. The van der Waals surface area contributed by atoms with Crippen LogP contribution >= 0.6 is 0 Å². The summed E-state index contributed by atoms with van der Waals surface area (Å²) in [6.07, 6.45) is -2.94. The fourth-order valence-corrected chi connectivity index (χ4v) is 3.41. The standard InChI is InChI=1S/C21H32F3N5O2/c1-20(2,3)31-16-6-5-14(17(11-16)21(22,23)24)12-27-19(26-4)28-15-7-9-29(10-8-15)13-18(25)30/h5-6,11,15H,7-10,12-13H2,1-4H3,(H2,25,30)(H2,26,27,28). The van der Waals surface area contributed by atoms with Crippen molar-refractivity contribution in [3.8, 4) is 5.75 Å². The number of ether oxygens (including phenoxy) is 1. The predicted molar refractivity (Wildman–Crippen MR) is 114 cm³/mol. The predicted octanol–water partition coefficient (Wildman–Crippen LogP) is 2.50. The molecule has 0 unspecified atom stereocenters. The lowest BCUT2D eigenvalue weighted by Crippen LogP contribution is -2.49. The van der Waals surface area contributed by atoms with Crippen molar-refractivity contribution in [2.75, 3.05) is 26.7 Å². The molecule has 4 N–H and O–H groups in total. The van der Waals surface area contributed by atoms with Gasteiger partial charge in [0.05, 0.1) is 12.1 Å². The van der Waals surface area contributed by atoms with Crippen LogP contribution in [0.4, 0.5) is 13.2 Å². The van der Waals surface area contributed by atoms with E-state index in [1.54, 1.807) is 33.9 Å². The van der Waals surface area contributed by atoms with Crippen LogP contribution in [0.1, 0.15) is 44.7 Å². The summed E-state index contributed by atoms with van der Waals surface area (Å²) in [5.41, 5.74) is 3.99. The number of likely N-dealkylation sites (tertiary alicyclic amines) is 1. The summed E-state index contributed by atoms with van der Waals surface area (Å²) < 4.78 is 46.4. The zero-order chi connectivity index (χ0) is 23.2. The highest BCUT2D eigenvalue weighted by atomic mass is 19.4. The first kappa shape index (κ1) is 24.8. The molecule has 0 aromatic heterocycles. The molecule has 1 amide bonds. The second-order valence-electron chi connectivity index (χ2n) is 8.62. The lowest BCUT2D eigenvalue weighted by atomic mass is 10.0. The maximum atomic E-state index is 13.6. The van der Waals surface area contributed by atoms with Crippen molar-refractivity contribution >= 4 is 11.9 Å². The van der Waals surface area contributed by atoms with E-state index in [2.05, 4.69) is 15.6 Å². The van der Waals surface area contributed by atoms with E-state index in [1.807, 2.05) is 4.90 Å². The second kappa shape index (κ2) is 10.2. The molecule has 31 heavy (non-hydrogen) atoms. The van der Waals surface area contributed by atoms with Gasteiger partial charge in [-0.3, -0.25) is 14.7 Å². The van der Waals surface area contributed by atoms with Gasteiger partial charge < -0.3 is 21.1 Å². The molecule has 2 rings (SSSR count). The van der Waals surface area contributed by atoms with Crippen LogP contribution in [0.15, 0.2) is 23.2 Å². The first-order valence-corrected chi connectivity index (χ1v) is 10.2. The van der Waals surface area contributed by atoms with E-state index in [-0.39, 0.29) is 36.4 Å². The number of guanidine groups is 1. The molecule has 10 heteroatoms. The van der Waals surface area contributed by atoms with Crippen LogP contribution < -0.4 is 21.1 Å². The number of halogens is 3. The maximum Gasteiger partial charge on any atom is 0.416 e. The molecule has 7 nitrogen and oxygen atoms in total. The molecule has 0 atom stereocenters. The van der Waals surface area contributed by atoms with Crippen molar-refractivity contribution in [2.24, 2.45) is 10.7 Å². The third-order valence-corrected chi connectivity index (χ3v) is 4.79. The van der Waals surface area contributed by atoms with Crippen LogP contribution in [0.5, 0.6) is 5.75 Å². The van der Waals surface area contributed by atoms with Crippen molar-refractivity contribution in [1.82, 2.24) is 15.5 Å². The van der Waals surface area contributed by atoms with E-state index >= 15 is 0 Å². The van der Waals surface area contributed by atoms with Gasteiger partial charge in [-0.05, 0) is 51.3 Å². The van der Waals surface area contributed by atoms with E-state index in [0.717, 1.165) is 18.9 Å². The molecule has 1 aliphatic heterocycles. The van der Waals surface area contributed by atoms with Gasteiger partial charge in [-0.2, -0.15) is 13.2 Å². The summed E-state index contributed by atoms with van der Waals surface area (Å²) in [5, 5.41) is 6.21. The number of primary amides is 1. The van der Waals surface area contributed by atoms with Gasteiger partial charge in [0.25, 0.3) is 0 Å². The third-order valence-electron chi connectivity index (χ3n) is 4.79. The normalized spacial score (nSPS) is 16.8. The Balaban J connectivity index is 1.99. The fraction of sp³-hybridized carbons (Fsp3) is 0.619. The van der Waals surface area contributed by atoms with E-state index in [9.17, 15) is 18.0 Å². The Morgan fingerprint density at radius 2 is 1.90 bits per heavy atom. The fourth-order valence-electron chi connectivity index (χ4n) is 3.41. The second-order valence-corrected chi connectivity index (χ2v) is 8.62. The molecule has 1 aliphatic rings. The molecular formula is C21H32F3N5O2. The number of rotatable bonds is 6. The minimum atomic E-state index is -4.50. The summed E-state index contributed by atoms with van der Waals surface area (Å²) in [6, 6.07) is 4.11. The zero-order valence-electron chi connectivity index (χ0n) is 18.5. The summed E-state index contributed by atoms with van der Waals surface area (Å²) in [7, 11) is 1.57. The molecule has 1 aromatic carbocycles. The first-order valence-electron chi connectivity index (χ1n) is 10.2. The molecule has 1 aromatic rings. The quantitative estimate of drug-likeness (QED) is 0.464. The summed E-state index contributed by atoms with van der Waals surface area (Å²) in [4.78, 5) is 17.1. The van der Waals surface area contributed by atoms with Crippen LogP contribution in [0.3, 0.4) is 0 Å². The Morgan fingerprint density at radius 3 is 2.42 bits per heavy atom. The van der Waals surface area contributed by atoms with E-state index in [0.29, 0.717) is 19.0 Å². The number of carbonyl (C=O) groups excluding carboxylic acids is 1. The minimum absolute atomic E-state index is 0.0369. The lowest BCUT2D eigenvalue weighted by Gasteiger charge is -2.32. The molecule has 0 bridgehead atoms. The van der Waals surface area contributed by atoms with Crippen molar-refractivity contribution < 1.29 is 22.7 Å². The number of nitrogens with one attached hydrogen (secondary N) is 2. The van der Waals surface area contributed by atoms with Gasteiger partial charge in [-0.1, -0.05) is 6.07 Å². The van der Waals surface area contributed by atoms with Crippen LogP contribution in [-0.4, -0.2) is 55.1 Å². The number of alkyl halides is 3. The van der Waals surface area contributed by atoms with E-state index in [4.69, 9.17) is 10.5 Å². The summed E-state index contributed by atoms with van der Waals surface area (Å²) >= 11 is 0. The van der Waals surface area contributed by atoms with Gasteiger partial charge >= 0.3 is 6.18 Å². The highest BCUT2D eigenvalue weighted by molar-refractivity contribution is 5.80. The lowest BCUT2D eigenvalue weighted by molar-refractivity contribution is -0.138. The molecule has 0 saturated carbocycles. The number of nitrogens with zero attached hydrogens (tertiary/aromatic N) is 2. The first-order chi connectivity index (χ1) is 14.4. The van der Waals surface area contributed by atoms with Gasteiger partial charge in [0, 0.05) is 32.7 Å². The monoisotopic (exact) mass is 443 g/mol.